The first-order valence-electron chi connectivity index (χ1n) is 3.56. The standard InChI is InChI=1S/C8H3Cl4F3/c9-6-3-4(7(10,11)12)1-2-5(6)8(13,14)15/h1-3H. The van der Waals surface area contributed by atoms with E-state index in [2.05, 4.69) is 0 Å². The Hall–Kier alpha value is 0.170. The molecule has 1 aromatic rings. The van der Waals surface area contributed by atoms with Gasteiger partial charge in [-0.2, -0.15) is 13.2 Å². The van der Waals surface area contributed by atoms with E-state index in [0.29, 0.717) is 0 Å². The average molecular weight is 298 g/mol. The molecule has 0 amide bonds. The van der Waals surface area contributed by atoms with Gasteiger partial charge >= 0.3 is 6.18 Å². The van der Waals surface area contributed by atoms with Gasteiger partial charge in [-0.25, -0.2) is 0 Å². The van der Waals surface area contributed by atoms with Crippen LogP contribution in [0.2, 0.25) is 5.02 Å². The predicted octanol–water partition coefficient (Wildman–Crippen LogP) is 5.19. The van der Waals surface area contributed by atoms with Gasteiger partial charge in [-0.1, -0.05) is 52.5 Å². The lowest BCUT2D eigenvalue weighted by Gasteiger charge is -2.14. The molecule has 0 spiro atoms. The number of alkyl halides is 6. The Bertz CT molecular complexity index is 367. The molecule has 15 heavy (non-hydrogen) atoms. The van der Waals surface area contributed by atoms with Crippen molar-refractivity contribution in [1.82, 2.24) is 0 Å². The number of benzene rings is 1. The zero-order chi connectivity index (χ0) is 11.9. The van der Waals surface area contributed by atoms with E-state index in [1.165, 1.54) is 0 Å². The number of hydrogen-bond donors (Lipinski definition) is 0. The monoisotopic (exact) mass is 296 g/mol. The van der Waals surface area contributed by atoms with Crippen LogP contribution in [0.3, 0.4) is 0 Å². The van der Waals surface area contributed by atoms with E-state index in [4.69, 9.17) is 46.4 Å². The fraction of sp³-hybridized carbons (Fsp3) is 0.250. The molecule has 0 radical (unpaired) electrons. The van der Waals surface area contributed by atoms with Crippen molar-refractivity contribution < 1.29 is 13.2 Å². The van der Waals surface area contributed by atoms with Gasteiger partial charge in [0, 0.05) is 5.56 Å². The molecule has 0 saturated carbocycles. The Labute approximate surface area is 104 Å². The third-order valence-electron chi connectivity index (χ3n) is 1.60. The van der Waals surface area contributed by atoms with E-state index < -0.39 is 20.6 Å². The van der Waals surface area contributed by atoms with Crippen molar-refractivity contribution in [3.8, 4) is 0 Å². The minimum Gasteiger partial charge on any atom is -0.166 e. The summed E-state index contributed by atoms with van der Waals surface area (Å²) in [5.74, 6) is 0. The molecule has 1 aromatic carbocycles. The quantitative estimate of drug-likeness (QED) is 0.578. The van der Waals surface area contributed by atoms with E-state index in [-0.39, 0.29) is 5.56 Å². The SMILES string of the molecule is FC(F)(F)c1ccc(C(Cl)(Cl)Cl)cc1Cl. The van der Waals surface area contributed by atoms with Gasteiger partial charge < -0.3 is 0 Å². The van der Waals surface area contributed by atoms with Crippen molar-refractivity contribution in [2.24, 2.45) is 0 Å². The van der Waals surface area contributed by atoms with Crippen molar-refractivity contribution in [3.63, 3.8) is 0 Å². The second kappa shape index (κ2) is 4.21. The van der Waals surface area contributed by atoms with Gasteiger partial charge in [-0.05, 0) is 12.1 Å². The fourth-order valence-corrected chi connectivity index (χ4v) is 1.56. The Balaban J connectivity index is 3.21. The first-order valence-corrected chi connectivity index (χ1v) is 5.07. The Morgan fingerprint density at radius 3 is 1.87 bits per heavy atom. The molecule has 0 aliphatic carbocycles. The van der Waals surface area contributed by atoms with Crippen LogP contribution in [0.15, 0.2) is 18.2 Å². The molecule has 0 aromatic heterocycles. The second-order valence-electron chi connectivity index (χ2n) is 2.69. The first-order chi connectivity index (χ1) is 6.62. The molecule has 0 unspecified atom stereocenters. The molecule has 0 nitrogen and oxygen atoms in total. The van der Waals surface area contributed by atoms with Gasteiger partial charge in [0.15, 0.2) is 0 Å². The summed E-state index contributed by atoms with van der Waals surface area (Å²) in [5.41, 5.74) is -0.868. The summed E-state index contributed by atoms with van der Waals surface area (Å²) >= 11 is 21.9. The molecule has 0 atom stereocenters. The largest absolute Gasteiger partial charge is 0.417 e. The van der Waals surface area contributed by atoms with Crippen LogP contribution in [0.1, 0.15) is 11.1 Å². The molecule has 0 saturated heterocycles. The summed E-state index contributed by atoms with van der Waals surface area (Å²) in [4.78, 5) is 0. The Morgan fingerprint density at radius 1 is 1.00 bits per heavy atom. The molecule has 0 aliphatic rings. The highest BCUT2D eigenvalue weighted by Crippen LogP contribution is 2.42. The van der Waals surface area contributed by atoms with Gasteiger partial charge in [0.1, 0.15) is 0 Å². The van der Waals surface area contributed by atoms with Gasteiger partial charge in [-0.15, -0.1) is 0 Å². The molecule has 0 bridgehead atoms. The third kappa shape index (κ3) is 3.31. The lowest BCUT2D eigenvalue weighted by Crippen LogP contribution is -2.08. The molecule has 0 heterocycles. The minimum atomic E-state index is -4.51. The van der Waals surface area contributed by atoms with Crippen molar-refractivity contribution in [1.29, 1.82) is 0 Å². The lowest BCUT2D eigenvalue weighted by molar-refractivity contribution is -0.137. The Morgan fingerprint density at radius 2 is 1.53 bits per heavy atom. The number of hydrogen-bond acceptors (Lipinski definition) is 0. The van der Waals surface area contributed by atoms with Crippen molar-refractivity contribution in [2.75, 3.05) is 0 Å². The summed E-state index contributed by atoms with van der Waals surface area (Å²) in [6, 6.07) is 2.83. The highest BCUT2D eigenvalue weighted by atomic mass is 35.6. The molecule has 1 rings (SSSR count). The van der Waals surface area contributed by atoms with Crippen LogP contribution in [-0.2, 0) is 9.97 Å². The maximum atomic E-state index is 12.3. The summed E-state index contributed by atoms with van der Waals surface area (Å²) in [7, 11) is 0. The van der Waals surface area contributed by atoms with Crippen molar-refractivity contribution in [2.45, 2.75) is 9.97 Å². The van der Waals surface area contributed by atoms with Crippen molar-refractivity contribution >= 4 is 46.4 Å². The first kappa shape index (κ1) is 13.2. The highest BCUT2D eigenvalue weighted by Gasteiger charge is 2.34. The van der Waals surface area contributed by atoms with Crippen LogP contribution in [0, 0.1) is 0 Å². The normalized spacial score (nSPS) is 13.0. The van der Waals surface area contributed by atoms with Crippen LogP contribution < -0.4 is 0 Å². The van der Waals surface area contributed by atoms with Gasteiger partial charge in [0.25, 0.3) is 0 Å². The van der Waals surface area contributed by atoms with Crippen LogP contribution in [0.4, 0.5) is 13.2 Å². The van der Waals surface area contributed by atoms with E-state index in [1.54, 1.807) is 0 Å². The Kier molecular flexibility index (Phi) is 3.71. The second-order valence-corrected chi connectivity index (χ2v) is 5.38. The highest BCUT2D eigenvalue weighted by molar-refractivity contribution is 6.66. The molecule has 0 fully saturated rings. The summed E-state index contributed by atoms with van der Waals surface area (Å²) < 4.78 is 35.1. The average Bonchev–Trinajstić information content (AvgIpc) is 1.99. The maximum absolute atomic E-state index is 12.3. The van der Waals surface area contributed by atoms with Crippen LogP contribution in [-0.4, -0.2) is 0 Å². The molecular weight excluding hydrogens is 295 g/mol. The van der Waals surface area contributed by atoms with E-state index in [0.717, 1.165) is 18.2 Å². The van der Waals surface area contributed by atoms with Gasteiger partial charge in [0.2, 0.25) is 3.79 Å². The fourth-order valence-electron chi connectivity index (χ4n) is 0.921. The molecule has 7 heteroatoms. The molecule has 84 valence electrons. The summed E-state index contributed by atoms with van der Waals surface area (Å²) in [6.07, 6.45) is -4.51. The van der Waals surface area contributed by atoms with E-state index in [9.17, 15) is 13.2 Å². The molecular formula is C8H3Cl4F3. The topological polar surface area (TPSA) is 0 Å². The van der Waals surface area contributed by atoms with E-state index in [1.807, 2.05) is 0 Å². The summed E-state index contributed by atoms with van der Waals surface area (Å²) in [6.45, 7) is 0. The zero-order valence-electron chi connectivity index (χ0n) is 6.88. The van der Waals surface area contributed by atoms with E-state index >= 15 is 0 Å². The number of halogens is 7. The van der Waals surface area contributed by atoms with Crippen molar-refractivity contribution in [3.05, 3.63) is 34.3 Å². The van der Waals surface area contributed by atoms with Gasteiger partial charge in [0.05, 0.1) is 10.6 Å². The predicted molar refractivity (Wildman–Crippen MR) is 55.7 cm³/mol. The smallest absolute Gasteiger partial charge is 0.166 e. The van der Waals surface area contributed by atoms with Crippen LogP contribution >= 0.6 is 46.4 Å². The molecule has 0 N–H and O–H groups in total. The summed E-state index contributed by atoms with van der Waals surface area (Å²) in [5, 5.41) is -0.494. The lowest BCUT2D eigenvalue weighted by atomic mass is 10.1. The van der Waals surface area contributed by atoms with Crippen LogP contribution in [0.5, 0.6) is 0 Å². The number of rotatable bonds is 0. The molecule has 0 aliphatic heterocycles. The zero-order valence-corrected chi connectivity index (χ0v) is 9.90. The third-order valence-corrected chi connectivity index (χ3v) is 2.57. The minimum absolute atomic E-state index is 0.0884. The van der Waals surface area contributed by atoms with Gasteiger partial charge in [-0.3, -0.25) is 0 Å². The van der Waals surface area contributed by atoms with Crippen LogP contribution in [0.25, 0.3) is 0 Å². The maximum Gasteiger partial charge on any atom is 0.417 e.